The van der Waals surface area contributed by atoms with Crippen LogP contribution in [0.5, 0.6) is 5.75 Å². The fourth-order valence-corrected chi connectivity index (χ4v) is 4.90. The number of nitrogens with one attached hydrogen (secondary N) is 1. The summed E-state index contributed by atoms with van der Waals surface area (Å²) in [5.41, 5.74) is -2.80. The molecule has 0 spiro atoms. The lowest BCUT2D eigenvalue weighted by molar-refractivity contribution is -0.143. The number of esters is 1. The van der Waals surface area contributed by atoms with Crippen molar-refractivity contribution >= 4 is 21.9 Å². The van der Waals surface area contributed by atoms with Gasteiger partial charge in [0.1, 0.15) is 16.0 Å². The highest BCUT2D eigenvalue weighted by Gasteiger charge is 2.35. The molecular formula is C29H32BrF4N3O5. The fraction of sp³-hybridized carbons (Fsp3) is 0.414. The molecule has 0 bridgehead atoms. The van der Waals surface area contributed by atoms with E-state index >= 15 is 0 Å². The van der Waals surface area contributed by atoms with Crippen LogP contribution in [0.25, 0.3) is 0 Å². The van der Waals surface area contributed by atoms with E-state index in [-0.39, 0.29) is 29.1 Å². The van der Waals surface area contributed by atoms with E-state index in [9.17, 15) is 31.9 Å². The second-order valence-electron chi connectivity index (χ2n) is 9.44. The molecular weight excluding hydrogens is 626 g/mol. The number of rotatable bonds is 13. The van der Waals surface area contributed by atoms with Crippen LogP contribution >= 0.6 is 15.9 Å². The van der Waals surface area contributed by atoms with Gasteiger partial charge < -0.3 is 14.8 Å². The van der Waals surface area contributed by atoms with Crippen LogP contribution in [0, 0.1) is 12.7 Å². The highest BCUT2D eigenvalue weighted by atomic mass is 79.9. The first kappa shape index (κ1) is 33.1. The van der Waals surface area contributed by atoms with Crippen molar-refractivity contribution in [2.45, 2.75) is 58.4 Å². The zero-order valence-corrected chi connectivity index (χ0v) is 25.0. The summed E-state index contributed by atoms with van der Waals surface area (Å²) in [6.45, 7) is 2.82. The lowest BCUT2D eigenvalue weighted by Crippen LogP contribution is -2.44. The van der Waals surface area contributed by atoms with Crippen LogP contribution < -0.4 is 21.3 Å². The topological polar surface area (TPSA) is 91.6 Å². The first-order valence-corrected chi connectivity index (χ1v) is 14.1. The zero-order chi connectivity index (χ0) is 31.0. The van der Waals surface area contributed by atoms with Gasteiger partial charge in [-0.1, -0.05) is 24.3 Å². The lowest BCUT2D eigenvalue weighted by Gasteiger charge is -2.23. The van der Waals surface area contributed by atoms with E-state index in [0.717, 1.165) is 27.3 Å². The number of aromatic nitrogens is 2. The number of ether oxygens (including phenoxy) is 2. The minimum absolute atomic E-state index is 0.0343. The first-order chi connectivity index (χ1) is 19.9. The van der Waals surface area contributed by atoms with Crippen molar-refractivity contribution in [1.29, 1.82) is 0 Å². The van der Waals surface area contributed by atoms with Crippen molar-refractivity contribution in [3.8, 4) is 5.75 Å². The number of para-hydroxylation sites is 1. The highest BCUT2D eigenvalue weighted by molar-refractivity contribution is 9.10. The number of halogens is 5. The molecule has 0 saturated heterocycles. The number of unbranched alkanes of at least 4 members (excludes halogenated alkanes) is 1. The summed E-state index contributed by atoms with van der Waals surface area (Å²) in [7, 11) is 1.63. The van der Waals surface area contributed by atoms with Gasteiger partial charge in [-0.15, -0.1) is 0 Å². The monoisotopic (exact) mass is 657 g/mol. The van der Waals surface area contributed by atoms with Gasteiger partial charge >= 0.3 is 17.8 Å². The van der Waals surface area contributed by atoms with Crippen LogP contribution in [0.15, 0.2) is 56.5 Å². The van der Waals surface area contributed by atoms with E-state index in [0.29, 0.717) is 37.4 Å². The second-order valence-corrected chi connectivity index (χ2v) is 10.2. The van der Waals surface area contributed by atoms with Gasteiger partial charge in [0.05, 0.1) is 37.9 Å². The molecule has 42 heavy (non-hydrogen) atoms. The standard InChI is InChI=1S/C29H32BrF4N3O5/c1-4-41-25(38)14-7-8-15-42-24-13-6-5-10-19(24)23(35-3)17-37-27(39)26(30)18(2)36(28(37)40)16-20-21(29(32,33)34)11-9-12-22(20)31/h5-6,9-13,23,35H,4,7-8,14-17H2,1-3H3. The molecule has 0 amide bonds. The van der Waals surface area contributed by atoms with Gasteiger partial charge in [-0.25, -0.2) is 9.18 Å². The molecule has 1 unspecified atom stereocenters. The third-order valence-electron chi connectivity index (χ3n) is 6.70. The van der Waals surface area contributed by atoms with E-state index in [4.69, 9.17) is 9.47 Å². The van der Waals surface area contributed by atoms with Gasteiger partial charge in [0.2, 0.25) is 0 Å². The van der Waals surface area contributed by atoms with Gasteiger partial charge in [0.15, 0.2) is 0 Å². The quantitative estimate of drug-likeness (QED) is 0.151. The Morgan fingerprint density at radius 1 is 1.07 bits per heavy atom. The maximum Gasteiger partial charge on any atom is 0.416 e. The van der Waals surface area contributed by atoms with Gasteiger partial charge in [-0.2, -0.15) is 13.2 Å². The molecule has 2 aromatic carbocycles. The maximum absolute atomic E-state index is 14.6. The molecule has 8 nitrogen and oxygen atoms in total. The van der Waals surface area contributed by atoms with Crippen LogP contribution in [0.1, 0.15) is 54.6 Å². The smallest absolute Gasteiger partial charge is 0.416 e. The average molecular weight is 658 g/mol. The number of nitrogens with zero attached hydrogens (tertiary/aromatic N) is 2. The summed E-state index contributed by atoms with van der Waals surface area (Å²) in [5, 5.41) is 3.06. The van der Waals surface area contributed by atoms with Gasteiger partial charge in [0, 0.05) is 23.2 Å². The van der Waals surface area contributed by atoms with Gasteiger partial charge in [0.25, 0.3) is 5.56 Å². The van der Waals surface area contributed by atoms with Crippen molar-refractivity contribution in [1.82, 2.24) is 14.5 Å². The average Bonchev–Trinajstić information content (AvgIpc) is 2.95. The summed E-state index contributed by atoms with van der Waals surface area (Å²) in [6.07, 6.45) is -3.42. The number of alkyl halides is 3. The van der Waals surface area contributed by atoms with Crippen molar-refractivity contribution in [3.63, 3.8) is 0 Å². The van der Waals surface area contributed by atoms with E-state index in [1.807, 2.05) is 0 Å². The van der Waals surface area contributed by atoms with E-state index in [1.54, 1.807) is 38.2 Å². The summed E-state index contributed by atoms with van der Waals surface area (Å²) >= 11 is 3.17. The number of likely N-dealkylation sites (N-methyl/N-ethyl adjacent to an activating group) is 1. The zero-order valence-electron chi connectivity index (χ0n) is 23.4. The van der Waals surface area contributed by atoms with Crippen molar-refractivity contribution in [3.05, 3.63) is 96.0 Å². The SMILES string of the molecule is CCOC(=O)CCCCOc1ccccc1C(Cn1c(=O)c(Br)c(C)n(Cc2c(F)cccc2C(F)(F)F)c1=O)NC. The second kappa shape index (κ2) is 14.6. The number of hydrogen-bond donors (Lipinski definition) is 1. The van der Waals surface area contributed by atoms with Crippen molar-refractivity contribution in [2.24, 2.45) is 0 Å². The minimum atomic E-state index is -4.85. The Morgan fingerprint density at radius 3 is 2.45 bits per heavy atom. The lowest BCUT2D eigenvalue weighted by atomic mass is 10.1. The fourth-order valence-electron chi connectivity index (χ4n) is 4.47. The molecule has 0 fully saturated rings. The number of hydrogen-bond acceptors (Lipinski definition) is 6. The molecule has 0 aliphatic rings. The molecule has 1 heterocycles. The van der Waals surface area contributed by atoms with E-state index < -0.39 is 47.0 Å². The first-order valence-electron chi connectivity index (χ1n) is 13.3. The summed E-state index contributed by atoms with van der Waals surface area (Å²) in [6, 6.07) is 8.98. The third kappa shape index (κ3) is 7.88. The Hall–Kier alpha value is -3.45. The van der Waals surface area contributed by atoms with E-state index in [2.05, 4.69) is 21.2 Å². The third-order valence-corrected chi connectivity index (χ3v) is 7.62. The van der Waals surface area contributed by atoms with Gasteiger partial charge in [-0.05, 0) is 67.9 Å². The maximum atomic E-state index is 14.6. The van der Waals surface area contributed by atoms with Crippen molar-refractivity contribution < 1.29 is 31.8 Å². The van der Waals surface area contributed by atoms with E-state index in [1.165, 1.54) is 6.92 Å². The predicted octanol–water partition coefficient (Wildman–Crippen LogP) is 5.36. The van der Waals surface area contributed by atoms with Gasteiger partial charge in [-0.3, -0.25) is 18.7 Å². The molecule has 1 N–H and O–H groups in total. The Bertz CT molecular complexity index is 1520. The Balaban J connectivity index is 1.92. The minimum Gasteiger partial charge on any atom is -0.493 e. The molecule has 0 aliphatic carbocycles. The summed E-state index contributed by atoms with van der Waals surface area (Å²) in [5.74, 6) is -0.904. The number of carbonyl (C=O) groups is 1. The number of benzene rings is 2. The predicted molar refractivity (Wildman–Crippen MR) is 152 cm³/mol. The summed E-state index contributed by atoms with van der Waals surface area (Å²) < 4.78 is 68.2. The Labute approximate surface area is 248 Å². The van der Waals surface area contributed by atoms with Crippen LogP contribution in [0.3, 0.4) is 0 Å². The normalized spacial score (nSPS) is 12.3. The molecule has 228 valence electrons. The van der Waals surface area contributed by atoms with Crippen LogP contribution in [-0.2, 0) is 28.8 Å². The molecule has 13 heteroatoms. The molecule has 1 aromatic heterocycles. The van der Waals surface area contributed by atoms with Crippen LogP contribution in [0.2, 0.25) is 0 Å². The molecule has 0 radical (unpaired) electrons. The molecule has 0 aliphatic heterocycles. The Kier molecular flexibility index (Phi) is 11.5. The molecule has 0 saturated carbocycles. The molecule has 3 aromatic rings. The largest absolute Gasteiger partial charge is 0.493 e. The molecule has 1 atom stereocenters. The van der Waals surface area contributed by atoms with Crippen LogP contribution in [-0.4, -0.2) is 35.4 Å². The van der Waals surface area contributed by atoms with Crippen molar-refractivity contribution in [2.75, 3.05) is 20.3 Å². The molecule has 3 rings (SSSR count). The highest BCUT2D eigenvalue weighted by Crippen LogP contribution is 2.33. The van der Waals surface area contributed by atoms with Crippen LogP contribution in [0.4, 0.5) is 17.6 Å². The number of carbonyl (C=O) groups excluding carboxylic acids is 1. The Morgan fingerprint density at radius 2 is 1.79 bits per heavy atom. The summed E-state index contributed by atoms with van der Waals surface area (Å²) in [4.78, 5) is 38.3.